The number of anilines is 1. The van der Waals surface area contributed by atoms with Gasteiger partial charge in [0.05, 0.1) is 19.8 Å². The van der Waals surface area contributed by atoms with Crippen LogP contribution in [0, 0.1) is 6.92 Å². The number of hydrogen-bond acceptors (Lipinski definition) is 7. The predicted octanol–water partition coefficient (Wildman–Crippen LogP) is 4.97. The fourth-order valence-corrected chi connectivity index (χ4v) is 3.87. The third kappa shape index (κ3) is 3.69. The van der Waals surface area contributed by atoms with Crippen molar-refractivity contribution in [2.75, 3.05) is 26.3 Å². The summed E-state index contributed by atoms with van der Waals surface area (Å²) in [6, 6.07) is 15.3. The van der Waals surface area contributed by atoms with Crippen LogP contribution < -0.4 is 24.3 Å². The number of aryl methyl sites for hydroxylation is 1. The van der Waals surface area contributed by atoms with Crippen molar-refractivity contribution < 1.29 is 33.0 Å². The van der Waals surface area contributed by atoms with Gasteiger partial charge in [0.15, 0.2) is 17.3 Å². The smallest absolute Gasteiger partial charge is 0.255 e. The molecule has 0 atom stereocenters. The first kappa shape index (κ1) is 21.4. The topological polar surface area (TPSA) is 96.2 Å². The van der Waals surface area contributed by atoms with E-state index in [9.17, 15) is 9.59 Å². The number of carbonyl (C=O) groups is 2. The van der Waals surface area contributed by atoms with Crippen LogP contribution in [0.5, 0.6) is 23.0 Å². The molecule has 172 valence electrons. The summed E-state index contributed by atoms with van der Waals surface area (Å²) < 4.78 is 27.2. The summed E-state index contributed by atoms with van der Waals surface area (Å²) in [5, 5.41) is 3.62. The molecule has 5 rings (SSSR count). The minimum Gasteiger partial charge on any atom is -0.497 e. The minimum absolute atomic E-state index is 0.137. The Labute approximate surface area is 195 Å². The number of methoxy groups -OCH3 is 2. The number of amides is 1. The fourth-order valence-electron chi connectivity index (χ4n) is 3.87. The number of ketones is 1. The molecule has 3 aromatic carbocycles. The largest absolute Gasteiger partial charge is 0.497 e. The summed E-state index contributed by atoms with van der Waals surface area (Å²) in [7, 11) is 3.03. The maximum Gasteiger partial charge on any atom is 0.255 e. The lowest BCUT2D eigenvalue weighted by molar-refractivity contribution is 0.100. The normalized spacial score (nSPS) is 12.0. The second-order valence-electron chi connectivity index (χ2n) is 7.68. The van der Waals surface area contributed by atoms with E-state index in [0.29, 0.717) is 51.0 Å². The molecule has 0 radical (unpaired) electrons. The van der Waals surface area contributed by atoms with Gasteiger partial charge in [-0.3, -0.25) is 9.59 Å². The summed E-state index contributed by atoms with van der Waals surface area (Å²) in [6.07, 6.45) is 0. The zero-order chi connectivity index (χ0) is 23.8. The lowest BCUT2D eigenvalue weighted by Crippen LogP contribution is -2.11. The van der Waals surface area contributed by atoms with Gasteiger partial charge in [0.1, 0.15) is 17.1 Å². The molecule has 0 bridgehead atoms. The number of carbonyl (C=O) groups excluding carboxylic acids is 2. The average molecular weight is 459 g/mol. The van der Waals surface area contributed by atoms with Crippen LogP contribution in [-0.4, -0.2) is 32.7 Å². The fraction of sp³-hybridized carbons (Fsp3) is 0.154. The molecule has 0 aliphatic carbocycles. The van der Waals surface area contributed by atoms with Crippen LogP contribution in [0.25, 0.3) is 11.0 Å². The molecule has 1 N–H and O–H groups in total. The lowest BCUT2D eigenvalue weighted by Gasteiger charge is -2.08. The predicted molar refractivity (Wildman–Crippen MR) is 124 cm³/mol. The van der Waals surface area contributed by atoms with E-state index in [2.05, 4.69) is 5.32 Å². The third-order valence-electron chi connectivity index (χ3n) is 5.69. The van der Waals surface area contributed by atoms with E-state index in [1.807, 2.05) is 13.0 Å². The van der Waals surface area contributed by atoms with Crippen LogP contribution in [0.3, 0.4) is 0 Å². The average Bonchev–Trinajstić information content (AvgIpc) is 3.46. The zero-order valence-corrected chi connectivity index (χ0v) is 18.8. The number of ether oxygens (including phenoxy) is 4. The van der Waals surface area contributed by atoms with Crippen LogP contribution in [0.4, 0.5) is 5.69 Å². The van der Waals surface area contributed by atoms with Gasteiger partial charge < -0.3 is 28.7 Å². The van der Waals surface area contributed by atoms with Gasteiger partial charge in [-0.25, -0.2) is 0 Å². The highest BCUT2D eigenvalue weighted by Crippen LogP contribution is 2.34. The van der Waals surface area contributed by atoms with Gasteiger partial charge in [-0.2, -0.15) is 0 Å². The van der Waals surface area contributed by atoms with E-state index < -0.39 is 0 Å². The van der Waals surface area contributed by atoms with E-state index in [1.54, 1.807) is 48.5 Å². The molecule has 34 heavy (non-hydrogen) atoms. The van der Waals surface area contributed by atoms with E-state index >= 15 is 0 Å². The van der Waals surface area contributed by atoms with Crippen molar-refractivity contribution in [1.29, 1.82) is 0 Å². The molecule has 1 aromatic heterocycles. The molecular formula is C26H21NO7. The first-order chi connectivity index (χ1) is 16.5. The molecule has 4 aromatic rings. The third-order valence-corrected chi connectivity index (χ3v) is 5.69. The SMILES string of the molecule is COc1ccc(OC)c(C(=O)c2oc3cc(NC(=O)c4ccc5c(c4)OCO5)ccc3c2C)c1. The summed E-state index contributed by atoms with van der Waals surface area (Å²) in [4.78, 5) is 26.0. The molecule has 0 unspecified atom stereocenters. The van der Waals surface area contributed by atoms with Crippen molar-refractivity contribution in [3.8, 4) is 23.0 Å². The molecule has 8 nitrogen and oxygen atoms in total. The van der Waals surface area contributed by atoms with Crippen LogP contribution in [0.2, 0.25) is 0 Å². The van der Waals surface area contributed by atoms with E-state index in [1.165, 1.54) is 14.2 Å². The van der Waals surface area contributed by atoms with Crippen molar-refractivity contribution in [2.24, 2.45) is 0 Å². The highest BCUT2D eigenvalue weighted by atomic mass is 16.7. The van der Waals surface area contributed by atoms with Gasteiger partial charge in [-0.05, 0) is 55.5 Å². The summed E-state index contributed by atoms with van der Waals surface area (Å²) >= 11 is 0. The molecule has 0 spiro atoms. The Morgan fingerprint density at radius 2 is 1.74 bits per heavy atom. The highest BCUT2D eigenvalue weighted by molar-refractivity contribution is 6.12. The molecule has 1 aliphatic rings. The van der Waals surface area contributed by atoms with Gasteiger partial charge in [0, 0.05) is 28.3 Å². The quantitative estimate of drug-likeness (QED) is 0.407. The number of benzene rings is 3. The Hall–Kier alpha value is -4.46. The summed E-state index contributed by atoms with van der Waals surface area (Å²) in [5.41, 5.74) is 2.47. The molecule has 1 amide bonds. The zero-order valence-electron chi connectivity index (χ0n) is 18.8. The Balaban J connectivity index is 1.44. The second-order valence-corrected chi connectivity index (χ2v) is 7.68. The Bertz CT molecular complexity index is 1440. The van der Waals surface area contributed by atoms with Crippen molar-refractivity contribution in [3.05, 3.63) is 77.0 Å². The van der Waals surface area contributed by atoms with Crippen LogP contribution >= 0.6 is 0 Å². The van der Waals surface area contributed by atoms with Gasteiger partial charge in [0.2, 0.25) is 12.6 Å². The van der Waals surface area contributed by atoms with Gasteiger partial charge in [-0.1, -0.05) is 0 Å². The van der Waals surface area contributed by atoms with Crippen LogP contribution in [0.15, 0.2) is 59.0 Å². The summed E-state index contributed by atoms with van der Waals surface area (Å²) in [5.74, 6) is 1.65. The van der Waals surface area contributed by atoms with E-state index in [0.717, 1.165) is 5.39 Å². The molecule has 1 aliphatic heterocycles. The van der Waals surface area contributed by atoms with Crippen molar-refractivity contribution in [3.63, 3.8) is 0 Å². The van der Waals surface area contributed by atoms with Crippen molar-refractivity contribution in [1.82, 2.24) is 0 Å². The number of hydrogen-bond donors (Lipinski definition) is 1. The van der Waals surface area contributed by atoms with E-state index in [4.69, 9.17) is 23.4 Å². The Morgan fingerprint density at radius 1 is 0.912 bits per heavy atom. The van der Waals surface area contributed by atoms with Gasteiger partial charge in [0.25, 0.3) is 5.91 Å². The second kappa shape index (κ2) is 8.47. The standard InChI is InChI=1S/C26H21NO7/c1-14-18-7-5-16(27-26(29)15-4-8-21-23(10-15)33-13-32-21)11-22(18)34-25(14)24(28)19-12-17(30-2)6-9-20(19)31-3/h4-12H,13H2,1-3H3,(H,27,29). The number of rotatable bonds is 6. The van der Waals surface area contributed by atoms with Crippen molar-refractivity contribution in [2.45, 2.75) is 6.92 Å². The van der Waals surface area contributed by atoms with Crippen LogP contribution in [0.1, 0.15) is 32.0 Å². The van der Waals surface area contributed by atoms with E-state index in [-0.39, 0.29) is 24.2 Å². The van der Waals surface area contributed by atoms with Gasteiger partial charge >= 0.3 is 0 Å². The number of nitrogens with one attached hydrogen (secondary N) is 1. The number of furan rings is 1. The van der Waals surface area contributed by atoms with Crippen LogP contribution in [-0.2, 0) is 0 Å². The summed E-state index contributed by atoms with van der Waals surface area (Å²) in [6.45, 7) is 1.95. The Morgan fingerprint density at radius 3 is 2.53 bits per heavy atom. The molecule has 0 saturated carbocycles. The monoisotopic (exact) mass is 459 g/mol. The first-order valence-electron chi connectivity index (χ1n) is 10.5. The lowest BCUT2D eigenvalue weighted by atomic mass is 10.0. The first-order valence-corrected chi connectivity index (χ1v) is 10.5. The maximum atomic E-state index is 13.3. The molecule has 0 fully saturated rings. The van der Waals surface area contributed by atoms with Gasteiger partial charge in [-0.15, -0.1) is 0 Å². The molecule has 0 saturated heterocycles. The maximum absolute atomic E-state index is 13.3. The molecular weight excluding hydrogens is 438 g/mol. The molecule has 2 heterocycles. The van der Waals surface area contributed by atoms with Crippen molar-refractivity contribution >= 4 is 28.3 Å². The number of fused-ring (bicyclic) bond motifs is 2. The minimum atomic E-state index is -0.324. The highest BCUT2D eigenvalue weighted by Gasteiger charge is 2.23. The Kier molecular flexibility index (Phi) is 5.33. The molecule has 8 heteroatoms.